The quantitative estimate of drug-likeness (QED) is 0.578. The number of amides is 3. The molecule has 36 heavy (non-hydrogen) atoms. The molecule has 8 nitrogen and oxygen atoms in total. The maximum absolute atomic E-state index is 13.5. The molecule has 3 aromatic rings. The van der Waals surface area contributed by atoms with Crippen molar-refractivity contribution in [1.29, 1.82) is 0 Å². The van der Waals surface area contributed by atoms with Crippen molar-refractivity contribution in [2.24, 2.45) is 0 Å². The molecule has 0 saturated carbocycles. The number of carbonyl (C=O) groups is 2. The number of rotatable bonds is 4. The van der Waals surface area contributed by atoms with Crippen molar-refractivity contribution in [2.75, 3.05) is 19.6 Å². The summed E-state index contributed by atoms with van der Waals surface area (Å²) in [5.74, 6) is -1.96. The molecule has 2 aliphatic heterocycles. The minimum Gasteiger partial charge on any atom is -0.338 e. The number of alkyl halides is 3. The third-order valence-corrected chi connectivity index (χ3v) is 6.69. The first kappa shape index (κ1) is 23.8. The van der Waals surface area contributed by atoms with Gasteiger partial charge in [0.05, 0.1) is 0 Å². The zero-order chi connectivity index (χ0) is 25.4. The van der Waals surface area contributed by atoms with E-state index in [1.807, 2.05) is 37.3 Å². The summed E-state index contributed by atoms with van der Waals surface area (Å²) in [6.45, 7) is 3.75. The van der Waals surface area contributed by atoms with Crippen LogP contribution < -0.4 is 5.32 Å². The van der Waals surface area contributed by atoms with E-state index in [1.165, 1.54) is 6.07 Å². The molecule has 0 spiro atoms. The number of hydrogen-bond acceptors (Lipinski definition) is 5. The Labute approximate surface area is 205 Å². The van der Waals surface area contributed by atoms with Crippen molar-refractivity contribution in [1.82, 2.24) is 25.3 Å². The van der Waals surface area contributed by atoms with E-state index in [0.717, 1.165) is 11.1 Å². The molecule has 2 aliphatic rings. The molecule has 5 rings (SSSR count). The van der Waals surface area contributed by atoms with Gasteiger partial charge >= 0.3 is 18.1 Å². The highest BCUT2D eigenvalue weighted by Crippen LogP contribution is 2.37. The zero-order valence-electron chi connectivity index (χ0n) is 19.5. The van der Waals surface area contributed by atoms with Crippen molar-refractivity contribution in [3.05, 3.63) is 71.1 Å². The predicted molar refractivity (Wildman–Crippen MR) is 123 cm³/mol. The molecule has 0 aliphatic carbocycles. The predicted octanol–water partition coefficient (Wildman–Crippen LogP) is 4.30. The maximum atomic E-state index is 13.5. The van der Waals surface area contributed by atoms with Crippen molar-refractivity contribution < 1.29 is 27.3 Å². The van der Waals surface area contributed by atoms with Crippen LogP contribution in [-0.4, -0.2) is 57.6 Å². The van der Waals surface area contributed by atoms with Crippen LogP contribution in [0.15, 0.2) is 53.1 Å². The fourth-order valence-corrected chi connectivity index (χ4v) is 4.97. The number of likely N-dealkylation sites (tertiary alicyclic amines) is 1. The molecule has 0 bridgehead atoms. The van der Waals surface area contributed by atoms with Crippen LogP contribution in [-0.2, 0) is 12.7 Å². The molecule has 1 saturated heterocycles. The third-order valence-electron chi connectivity index (χ3n) is 6.69. The second-order valence-corrected chi connectivity index (χ2v) is 8.88. The number of fused-ring (bicyclic) bond motifs is 1. The maximum Gasteiger partial charge on any atom is 0.471 e. The molecular formula is C25H24F3N5O3. The van der Waals surface area contributed by atoms with Crippen LogP contribution in [0, 0.1) is 0 Å². The van der Waals surface area contributed by atoms with Crippen molar-refractivity contribution in [3.8, 4) is 11.4 Å². The smallest absolute Gasteiger partial charge is 0.338 e. The molecule has 2 aromatic carbocycles. The second kappa shape index (κ2) is 9.29. The number of aromatic nitrogens is 2. The zero-order valence-corrected chi connectivity index (χ0v) is 19.5. The lowest BCUT2D eigenvalue weighted by Gasteiger charge is -2.42. The first-order valence-electron chi connectivity index (χ1n) is 11.7. The SMILES string of the molecule is CCNC(=O)N1CC[C@@H](N2Cc3ccc(-c4noc(C(F)(F)F)n4)cc3C2=O)[C@H](c2ccccc2)C1. The van der Waals surface area contributed by atoms with Crippen LogP contribution in [0.2, 0.25) is 0 Å². The highest BCUT2D eigenvalue weighted by Gasteiger charge is 2.42. The summed E-state index contributed by atoms with van der Waals surface area (Å²) >= 11 is 0. The molecular weight excluding hydrogens is 475 g/mol. The van der Waals surface area contributed by atoms with Crippen LogP contribution in [0.4, 0.5) is 18.0 Å². The Balaban J connectivity index is 1.41. The number of nitrogens with zero attached hydrogens (tertiary/aromatic N) is 4. The summed E-state index contributed by atoms with van der Waals surface area (Å²) in [5, 5.41) is 6.27. The van der Waals surface area contributed by atoms with Crippen LogP contribution in [0.1, 0.15) is 46.6 Å². The van der Waals surface area contributed by atoms with Gasteiger partial charge in [0.15, 0.2) is 0 Å². The number of halogens is 3. The molecule has 3 heterocycles. The minimum absolute atomic E-state index is 0.0909. The first-order valence-corrected chi connectivity index (χ1v) is 11.7. The first-order chi connectivity index (χ1) is 17.3. The average molecular weight is 499 g/mol. The van der Waals surface area contributed by atoms with Gasteiger partial charge in [-0.25, -0.2) is 4.79 Å². The summed E-state index contributed by atoms with van der Waals surface area (Å²) < 4.78 is 42.9. The highest BCUT2D eigenvalue weighted by atomic mass is 19.4. The lowest BCUT2D eigenvalue weighted by Crippen LogP contribution is -2.53. The van der Waals surface area contributed by atoms with E-state index >= 15 is 0 Å². The summed E-state index contributed by atoms with van der Waals surface area (Å²) in [4.78, 5) is 33.1. The third kappa shape index (κ3) is 4.40. The van der Waals surface area contributed by atoms with Crippen LogP contribution in [0.3, 0.4) is 0 Å². The molecule has 1 aromatic heterocycles. The molecule has 1 N–H and O–H groups in total. The Bertz CT molecular complexity index is 1280. The van der Waals surface area contributed by atoms with Crippen molar-refractivity contribution in [2.45, 2.75) is 38.0 Å². The fraction of sp³-hybridized carbons (Fsp3) is 0.360. The highest BCUT2D eigenvalue weighted by molar-refractivity contribution is 5.99. The molecule has 11 heteroatoms. The molecule has 0 unspecified atom stereocenters. The molecule has 1 fully saturated rings. The second-order valence-electron chi connectivity index (χ2n) is 8.88. The summed E-state index contributed by atoms with van der Waals surface area (Å²) in [6, 6.07) is 14.3. The van der Waals surface area contributed by atoms with Gasteiger partial charge < -0.3 is 19.6 Å². The average Bonchev–Trinajstić information content (AvgIpc) is 3.50. The Morgan fingerprint density at radius 2 is 1.97 bits per heavy atom. The van der Waals surface area contributed by atoms with Gasteiger partial charge in [-0.05, 0) is 30.5 Å². The summed E-state index contributed by atoms with van der Waals surface area (Å²) in [7, 11) is 0. The van der Waals surface area contributed by atoms with Gasteiger partial charge in [0.2, 0.25) is 5.82 Å². The van der Waals surface area contributed by atoms with Crippen LogP contribution in [0.5, 0.6) is 0 Å². The normalized spacial score (nSPS) is 19.9. The van der Waals surface area contributed by atoms with Crippen LogP contribution in [0.25, 0.3) is 11.4 Å². The van der Waals surface area contributed by atoms with Gasteiger partial charge in [-0.3, -0.25) is 4.79 Å². The Morgan fingerprint density at radius 3 is 2.67 bits per heavy atom. The number of hydrogen-bond donors (Lipinski definition) is 1. The van der Waals surface area contributed by atoms with Crippen LogP contribution >= 0.6 is 0 Å². The van der Waals surface area contributed by atoms with Gasteiger partial charge in [-0.2, -0.15) is 18.2 Å². The van der Waals surface area contributed by atoms with E-state index < -0.39 is 12.1 Å². The number of piperidine rings is 1. The minimum atomic E-state index is -4.75. The molecule has 2 atom stereocenters. The Hall–Kier alpha value is -3.89. The van der Waals surface area contributed by atoms with E-state index in [9.17, 15) is 22.8 Å². The van der Waals surface area contributed by atoms with E-state index in [2.05, 4.69) is 20.0 Å². The number of nitrogens with one attached hydrogen (secondary N) is 1. The molecule has 3 amide bonds. The lowest BCUT2D eigenvalue weighted by atomic mass is 9.85. The Morgan fingerprint density at radius 1 is 1.19 bits per heavy atom. The van der Waals surface area contributed by atoms with E-state index in [0.29, 0.717) is 38.2 Å². The number of benzene rings is 2. The van der Waals surface area contributed by atoms with E-state index in [1.54, 1.807) is 21.9 Å². The lowest BCUT2D eigenvalue weighted by molar-refractivity contribution is -0.159. The Kier molecular flexibility index (Phi) is 6.15. The van der Waals surface area contributed by atoms with Gasteiger partial charge in [0.25, 0.3) is 5.91 Å². The topological polar surface area (TPSA) is 91.6 Å². The summed E-state index contributed by atoms with van der Waals surface area (Å²) in [6.07, 6.45) is -4.15. The van der Waals surface area contributed by atoms with Gasteiger partial charge in [0, 0.05) is 49.3 Å². The molecule has 0 radical (unpaired) electrons. The van der Waals surface area contributed by atoms with Gasteiger partial charge in [0.1, 0.15) is 0 Å². The van der Waals surface area contributed by atoms with Gasteiger partial charge in [-0.1, -0.05) is 47.6 Å². The largest absolute Gasteiger partial charge is 0.471 e. The molecule has 188 valence electrons. The van der Waals surface area contributed by atoms with Gasteiger partial charge in [-0.15, -0.1) is 0 Å². The van der Waals surface area contributed by atoms with E-state index in [4.69, 9.17) is 0 Å². The van der Waals surface area contributed by atoms with Crippen molar-refractivity contribution in [3.63, 3.8) is 0 Å². The summed E-state index contributed by atoms with van der Waals surface area (Å²) in [5.41, 5.74) is 2.49. The fourth-order valence-electron chi connectivity index (χ4n) is 4.97. The van der Waals surface area contributed by atoms with E-state index in [-0.39, 0.29) is 35.3 Å². The van der Waals surface area contributed by atoms with Crippen molar-refractivity contribution >= 4 is 11.9 Å². The standard InChI is InChI=1S/C25H24F3N5O3/c1-2-29-24(35)32-11-10-20(19(14-32)15-6-4-3-5-7-15)33-13-17-9-8-16(12-18(17)22(33)34)21-30-23(36-31-21)25(26,27)28/h3-9,12,19-20H,2,10-11,13-14H2,1H3,(H,29,35)/t19-,20+/m0/s1. The number of carbonyl (C=O) groups excluding carboxylic acids is 2. The number of urea groups is 1. The monoisotopic (exact) mass is 499 g/mol.